The number of nitrogens with zero attached hydrogens (tertiary/aromatic N) is 1. The highest BCUT2D eigenvalue weighted by atomic mass is 32.1. The summed E-state index contributed by atoms with van der Waals surface area (Å²) < 4.78 is 0. The normalized spacial score (nSPS) is 16.8. The highest BCUT2D eigenvalue weighted by Crippen LogP contribution is 2.37. The molecule has 2 aliphatic rings. The van der Waals surface area contributed by atoms with Crippen molar-refractivity contribution < 1.29 is 9.59 Å². The zero-order valence-corrected chi connectivity index (χ0v) is 15.5. The van der Waals surface area contributed by atoms with Crippen LogP contribution in [0.1, 0.15) is 44.1 Å². The van der Waals surface area contributed by atoms with Gasteiger partial charge in [-0.25, -0.2) is 0 Å². The number of hydrogen-bond acceptors (Lipinski definition) is 4. The van der Waals surface area contributed by atoms with Crippen molar-refractivity contribution >= 4 is 39.5 Å². The van der Waals surface area contributed by atoms with E-state index in [0.29, 0.717) is 12.1 Å². The smallest absolute Gasteiger partial charge is 0.257 e. The Balaban J connectivity index is 1.60. The van der Waals surface area contributed by atoms with Crippen molar-refractivity contribution in [3.05, 3.63) is 37.9 Å². The van der Waals surface area contributed by atoms with E-state index in [2.05, 4.69) is 16.8 Å². The lowest BCUT2D eigenvalue weighted by Crippen LogP contribution is -2.36. The van der Waals surface area contributed by atoms with Crippen molar-refractivity contribution in [2.24, 2.45) is 5.92 Å². The number of carbonyl (C=O) groups excluding carboxylic acids is 2. The van der Waals surface area contributed by atoms with Gasteiger partial charge >= 0.3 is 0 Å². The Morgan fingerprint density at radius 2 is 2.08 bits per heavy atom. The summed E-state index contributed by atoms with van der Waals surface area (Å²) in [6.07, 6.45) is 2.85. The molecule has 6 heteroatoms. The summed E-state index contributed by atoms with van der Waals surface area (Å²) >= 11 is 3.29. The molecule has 4 rings (SSSR count). The van der Waals surface area contributed by atoms with E-state index in [0.717, 1.165) is 41.2 Å². The van der Waals surface area contributed by atoms with Crippen LogP contribution in [0.15, 0.2) is 11.4 Å². The maximum atomic E-state index is 13.1. The second kappa shape index (κ2) is 6.01. The van der Waals surface area contributed by atoms with Crippen LogP contribution in [-0.2, 0) is 17.8 Å². The third-order valence-corrected chi connectivity index (χ3v) is 7.02. The van der Waals surface area contributed by atoms with E-state index in [1.807, 2.05) is 18.7 Å². The minimum absolute atomic E-state index is 0.0415. The van der Waals surface area contributed by atoms with Gasteiger partial charge in [-0.15, -0.1) is 22.7 Å². The Labute approximate surface area is 149 Å². The molecular weight excluding hydrogens is 340 g/mol. The second-order valence-electron chi connectivity index (χ2n) is 6.60. The Kier molecular flexibility index (Phi) is 3.96. The standard InChI is InChI=1S/C18H20N2O2S2/c1-10-11(2)24-17(19-16(21)12-3-4-12)15(10)18(22)20-7-5-14-13(9-20)6-8-23-14/h6,8,12H,3-5,7,9H2,1-2H3,(H,19,21). The molecule has 0 bridgehead atoms. The molecule has 1 N–H and O–H groups in total. The second-order valence-corrected chi connectivity index (χ2v) is 8.82. The molecule has 4 nitrogen and oxygen atoms in total. The third kappa shape index (κ3) is 2.78. The van der Waals surface area contributed by atoms with Gasteiger partial charge in [0.15, 0.2) is 0 Å². The number of anilines is 1. The summed E-state index contributed by atoms with van der Waals surface area (Å²) in [7, 11) is 0. The maximum Gasteiger partial charge on any atom is 0.257 e. The molecule has 1 fully saturated rings. The molecule has 0 aromatic carbocycles. The molecule has 0 unspecified atom stereocenters. The van der Waals surface area contributed by atoms with Gasteiger partial charge in [0.2, 0.25) is 5.91 Å². The molecule has 0 atom stereocenters. The van der Waals surface area contributed by atoms with Crippen LogP contribution in [0, 0.1) is 19.8 Å². The molecule has 1 aliphatic heterocycles. The first-order valence-electron chi connectivity index (χ1n) is 8.30. The summed E-state index contributed by atoms with van der Waals surface area (Å²) in [5.41, 5.74) is 2.94. The molecule has 24 heavy (non-hydrogen) atoms. The lowest BCUT2D eigenvalue weighted by Gasteiger charge is -2.27. The topological polar surface area (TPSA) is 49.4 Å². The highest BCUT2D eigenvalue weighted by molar-refractivity contribution is 7.16. The Morgan fingerprint density at radius 1 is 1.29 bits per heavy atom. The van der Waals surface area contributed by atoms with Crippen LogP contribution in [0.4, 0.5) is 5.00 Å². The van der Waals surface area contributed by atoms with Gasteiger partial charge in [0.05, 0.1) is 5.56 Å². The number of nitrogens with one attached hydrogen (secondary N) is 1. The summed E-state index contributed by atoms with van der Waals surface area (Å²) in [5, 5.41) is 5.82. The predicted octanol–water partition coefficient (Wildman–Crippen LogP) is 3.97. The van der Waals surface area contributed by atoms with E-state index in [4.69, 9.17) is 0 Å². The number of aryl methyl sites for hydroxylation is 1. The molecule has 1 aliphatic carbocycles. The number of thiophene rings is 2. The number of rotatable bonds is 3. The molecule has 126 valence electrons. The van der Waals surface area contributed by atoms with Crippen LogP contribution >= 0.6 is 22.7 Å². The van der Waals surface area contributed by atoms with Gasteiger partial charge in [-0.2, -0.15) is 0 Å². The summed E-state index contributed by atoms with van der Waals surface area (Å²) in [4.78, 5) is 29.7. The lowest BCUT2D eigenvalue weighted by molar-refractivity contribution is -0.117. The highest BCUT2D eigenvalue weighted by Gasteiger charge is 2.32. The van der Waals surface area contributed by atoms with E-state index in [9.17, 15) is 9.59 Å². The van der Waals surface area contributed by atoms with Crippen LogP contribution in [0.3, 0.4) is 0 Å². The van der Waals surface area contributed by atoms with Gasteiger partial charge in [-0.3, -0.25) is 9.59 Å². The van der Waals surface area contributed by atoms with E-state index < -0.39 is 0 Å². The summed E-state index contributed by atoms with van der Waals surface area (Å²) in [5.74, 6) is 0.239. The summed E-state index contributed by atoms with van der Waals surface area (Å²) in [6, 6.07) is 2.11. The molecular formula is C18H20N2O2S2. The van der Waals surface area contributed by atoms with E-state index in [1.165, 1.54) is 21.8 Å². The van der Waals surface area contributed by atoms with Crippen LogP contribution in [-0.4, -0.2) is 23.3 Å². The number of fused-ring (bicyclic) bond motifs is 1. The van der Waals surface area contributed by atoms with Crippen molar-refractivity contribution in [2.75, 3.05) is 11.9 Å². The van der Waals surface area contributed by atoms with Crippen molar-refractivity contribution in [3.63, 3.8) is 0 Å². The minimum Gasteiger partial charge on any atom is -0.334 e. The average Bonchev–Trinajstić information content (AvgIpc) is 3.25. The van der Waals surface area contributed by atoms with Gasteiger partial charge in [0.25, 0.3) is 5.91 Å². The molecule has 2 aromatic rings. The van der Waals surface area contributed by atoms with Crippen LogP contribution in [0.2, 0.25) is 0 Å². The zero-order chi connectivity index (χ0) is 16.8. The van der Waals surface area contributed by atoms with Crippen molar-refractivity contribution in [2.45, 2.75) is 39.7 Å². The fourth-order valence-corrected chi connectivity index (χ4v) is 5.06. The van der Waals surface area contributed by atoms with Gasteiger partial charge in [-0.1, -0.05) is 0 Å². The van der Waals surface area contributed by atoms with E-state index >= 15 is 0 Å². The summed E-state index contributed by atoms with van der Waals surface area (Å²) in [6.45, 7) is 5.40. The Hall–Kier alpha value is -1.66. The lowest BCUT2D eigenvalue weighted by atomic mass is 10.1. The first kappa shape index (κ1) is 15.8. The van der Waals surface area contributed by atoms with E-state index in [1.54, 1.807) is 11.3 Å². The monoisotopic (exact) mass is 360 g/mol. The molecule has 2 aromatic heterocycles. The van der Waals surface area contributed by atoms with Gasteiger partial charge < -0.3 is 10.2 Å². The molecule has 0 saturated heterocycles. The average molecular weight is 361 g/mol. The Bertz CT molecular complexity index is 817. The fourth-order valence-electron chi connectivity index (χ4n) is 3.11. The minimum atomic E-state index is 0.0415. The number of amides is 2. The van der Waals surface area contributed by atoms with Crippen molar-refractivity contribution in [3.8, 4) is 0 Å². The molecule has 3 heterocycles. The molecule has 0 spiro atoms. The van der Waals surface area contributed by atoms with E-state index in [-0.39, 0.29) is 17.7 Å². The van der Waals surface area contributed by atoms with Crippen LogP contribution < -0.4 is 5.32 Å². The Morgan fingerprint density at radius 3 is 2.83 bits per heavy atom. The van der Waals surface area contributed by atoms with Crippen molar-refractivity contribution in [1.82, 2.24) is 4.90 Å². The van der Waals surface area contributed by atoms with Crippen LogP contribution in [0.5, 0.6) is 0 Å². The first-order chi connectivity index (χ1) is 11.5. The molecule has 0 radical (unpaired) electrons. The zero-order valence-electron chi connectivity index (χ0n) is 13.8. The third-order valence-electron chi connectivity index (χ3n) is 4.88. The van der Waals surface area contributed by atoms with Gasteiger partial charge in [0.1, 0.15) is 5.00 Å². The fraction of sp³-hybridized carbons (Fsp3) is 0.444. The first-order valence-corrected chi connectivity index (χ1v) is 9.99. The SMILES string of the molecule is Cc1sc(NC(=O)C2CC2)c(C(=O)N2CCc3sccc3C2)c1C. The predicted molar refractivity (Wildman–Crippen MR) is 97.9 cm³/mol. The number of carbonyl (C=O) groups is 2. The molecule has 1 saturated carbocycles. The van der Waals surface area contributed by atoms with Gasteiger partial charge in [0, 0.05) is 28.8 Å². The number of hydrogen-bond donors (Lipinski definition) is 1. The maximum absolute atomic E-state index is 13.1. The molecule has 2 amide bonds. The quantitative estimate of drug-likeness (QED) is 0.900. The van der Waals surface area contributed by atoms with Crippen LogP contribution in [0.25, 0.3) is 0 Å². The van der Waals surface area contributed by atoms with Gasteiger partial charge in [-0.05, 0) is 55.7 Å². The van der Waals surface area contributed by atoms with Crippen molar-refractivity contribution in [1.29, 1.82) is 0 Å². The largest absolute Gasteiger partial charge is 0.334 e.